The van der Waals surface area contributed by atoms with Crippen molar-refractivity contribution in [2.45, 2.75) is 6.92 Å². The largest absolute Gasteiger partial charge is 0.300 e. The van der Waals surface area contributed by atoms with E-state index in [2.05, 4.69) is 5.92 Å². The van der Waals surface area contributed by atoms with E-state index < -0.39 is 11.7 Å². The number of aryl methyl sites for hydroxylation is 1. The molecule has 0 aromatic heterocycles. The lowest BCUT2D eigenvalue weighted by atomic mass is 10.1. The number of carbonyl (C=O) groups excluding carboxylic acids is 2. The second-order valence-electron chi connectivity index (χ2n) is 3.40. The number of para-hydroxylation sites is 1. The molecule has 74 valence electrons. The van der Waals surface area contributed by atoms with E-state index in [1.165, 1.54) is 4.90 Å². The molecule has 1 aliphatic rings. The van der Waals surface area contributed by atoms with Crippen molar-refractivity contribution in [3.63, 3.8) is 0 Å². The van der Waals surface area contributed by atoms with Gasteiger partial charge >= 0.3 is 0 Å². The highest BCUT2D eigenvalue weighted by Crippen LogP contribution is 2.31. The number of fused-ring (bicyclic) bond motifs is 1. The predicted octanol–water partition coefficient (Wildman–Crippen LogP) is 1.16. The minimum absolute atomic E-state index is 0.141. The molecule has 3 heteroatoms. The minimum Gasteiger partial charge on any atom is -0.293 e. The monoisotopic (exact) mass is 199 g/mol. The van der Waals surface area contributed by atoms with E-state index in [1.807, 2.05) is 13.0 Å². The lowest BCUT2D eigenvalue weighted by Gasteiger charge is -2.14. The standard InChI is InChI=1S/C12H9NO2/c1-3-7-13-10-8(2)5-4-6-9(10)11(14)12(13)15/h1,4-6H,7H2,2H3. The number of amides is 1. The van der Waals surface area contributed by atoms with Crippen LogP contribution < -0.4 is 4.90 Å². The van der Waals surface area contributed by atoms with Crippen molar-refractivity contribution in [3.05, 3.63) is 29.3 Å². The van der Waals surface area contributed by atoms with E-state index in [9.17, 15) is 9.59 Å². The first kappa shape index (κ1) is 9.47. The molecule has 1 amide bonds. The maximum Gasteiger partial charge on any atom is 0.300 e. The second-order valence-corrected chi connectivity index (χ2v) is 3.40. The van der Waals surface area contributed by atoms with Gasteiger partial charge in [-0.15, -0.1) is 6.42 Å². The van der Waals surface area contributed by atoms with Crippen LogP contribution in [0.5, 0.6) is 0 Å². The molecular weight excluding hydrogens is 190 g/mol. The summed E-state index contributed by atoms with van der Waals surface area (Å²) in [6, 6.07) is 5.27. The molecule has 0 atom stereocenters. The fourth-order valence-corrected chi connectivity index (χ4v) is 1.78. The van der Waals surface area contributed by atoms with Crippen molar-refractivity contribution < 1.29 is 9.59 Å². The summed E-state index contributed by atoms with van der Waals surface area (Å²) in [5.74, 6) is 1.38. The fourth-order valence-electron chi connectivity index (χ4n) is 1.78. The maximum atomic E-state index is 11.6. The number of nitrogens with zero attached hydrogens (tertiary/aromatic N) is 1. The van der Waals surface area contributed by atoms with Crippen molar-refractivity contribution in [1.82, 2.24) is 0 Å². The third-order valence-electron chi connectivity index (χ3n) is 2.44. The molecule has 0 spiro atoms. The van der Waals surface area contributed by atoms with Crippen LogP contribution in [0, 0.1) is 19.3 Å². The topological polar surface area (TPSA) is 37.4 Å². The number of benzene rings is 1. The van der Waals surface area contributed by atoms with Gasteiger partial charge in [0.1, 0.15) is 0 Å². The van der Waals surface area contributed by atoms with Gasteiger partial charge in [-0.2, -0.15) is 0 Å². The van der Waals surface area contributed by atoms with Crippen LogP contribution >= 0.6 is 0 Å². The SMILES string of the molecule is C#CCN1C(=O)C(=O)c2cccc(C)c21. The Kier molecular flexibility index (Phi) is 2.05. The molecular formula is C12H9NO2. The van der Waals surface area contributed by atoms with Gasteiger partial charge in [-0.05, 0) is 18.6 Å². The molecule has 1 aliphatic heterocycles. The Morgan fingerprint density at radius 3 is 2.80 bits per heavy atom. The normalized spacial score (nSPS) is 14.0. The molecule has 0 saturated carbocycles. The molecule has 0 fully saturated rings. The van der Waals surface area contributed by atoms with Crippen molar-refractivity contribution in [3.8, 4) is 12.3 Å². The Balaban J connectivity index is 2.63. The van der Waals surface area contributed by atoms with Gasteiger partial charge in [0.2, 0.25) is 0 Å². The first-order chi connectivity index (χ1) is 7.16. The summed E-state index contributed by atoms with van der Waals surface area (Å²) < 4.78 is 0. The zero-order chi connectivity index (χ0) is 11.0. The van der Waals surface area contributed by atoms with Gasteiger partial charge in [-0.1, -0.05) is 18.1 Å². The number of Topliss-reactive ketones (excluding diaryl/α,β-unsaturated/α-hetero) is 1. The number of hydrogen-bond donors (Lipinski definition) is 0. The van der Waals surface area contributed by atoms with Crippen LogP contribution in [0.25, 0.3) is 0 Å². The average Bonchev–Trinajstić information content (AvgIpc) is 2.46. The van der Waals surface area contributed by atoms with Gasteiger partial charge in [0.05, 0.1) is 17.8 Å². The van der Waals surface area contributed by atoms with Gasteiger partial charge in [0.15, 0.2) is 0 Å². The summed E-state index contributed by atoms with van der Waals surface area (Å²) in [5, 5.41) is 0. The molecule has 2 rings (SSSR count). The molecule has 1 aromatic rings. The number of terminal acetylenes is 1. The average molecular weight is 199 g/mol. The van der Waals surface area contributed by atoms with E-state index >= 15 is 0 Å². The summed E-state index contributed by atoms with van der Waals surface area (Å²) in [7, 11) is 0. The predicted molar refractivity (Wildman–Crippen MR) is 56.7 cm³/mol. The first-order valence-corrected chi connectivity index (χ1v) is 4.56. The van der Waals surface area contributed by atoms with Gasteiger partial charge < -0.3 is 0 Å². The summed E-state index contributed by atoms with van der Waals surface area (Å²) in [5.41, 5.74) is 2.00. The molecule has 0 N–H and O–H groups in total. The molecule has 0 unspecified atom stereocenters. The number of carbonyl (C=O) groups is 2. The summed E-state index contributed by atoms with van der Waals surface area (Å²) in [6.07, 6.45) is 5.17. The van der Waals surface area contributed by atoms with E-state index in [0.717, 1.165) is 5.56 Å². The van der Waals surface area contributed by atoms with E-state index in [1.54, 1.807) is 12.1 Å². The number of hydrogen-bond acceptors (Lipinski definition) is 2. The summed E-state index contributed by atoms with van der Waals surface area (Å²) in [6.45, 7) is 2.00. The highest BCUT2D eigenvalue weighted by molar-refractivity contribution is 6.52. The summed E-state index contributed by atoms with van der Waals surface area (Å²) in [4.78, 5) is 24.5. The molecule has 15 heavy (non-hydrogen) atoms. The van der Waals surface area contributed by atoms with Gasteiger partial charge in [0, 0.05) is 0 Å². The van der Waals surface area contributed by atoms with Crippen LogP contribution in [0.1, 0.15) is 15.9 Å². The zero-order valence-electron chi connectivity index (χ0n) is 8.28. The van der Waals surface area contributed by atoms with Crippen LogP contribution in [0.4, 0.5) is 5.69 Å². The molecule has 0 bridgehead atoms. The Morgan fingerprint density at radius 1 is 1.40 bits per heavy atom. The van der Waals surface area contributed by atoms with Crippen molar-refractivity contribution >= 4 is 17.4 Å². The van der Waals surface area contributed by atoms with Crippen molar-refractivity contribution in [2.75, 3.05) is 11.4 Å². The molecule has 0 saturated heterocycles. The van der Waals surface area contributed by atoms with E-state index in [4.69, 9.17) is 6.42 Å². The molecule has 3 nitrogen and oxygen atoms in total. The lowest BCUT2D eigenvalue weighted by Crippen LogP contribution is -2.30. The van der Waals surface area contributed by atoms with Crippen LogP contribution in [0.15, 0.2) is 18.2 Å². The highest BCUT2D eigenvalue weighted by Gasteiger charge is 2.35. The Bertz CT molecular complexity index is 497. The highest BCUT2D eigenvalue weighted by atomic mass is 16.2. The number of rotatable bonds is 1. The maximum absolute atomic E-state index is 11.6. The van der Waals surface area contributed by atoms with E-state index in [0.29, 0.717) is 11.3 Å². The Morgan fingerprint density at radius 2 is 2.13 bits per heavy atom. The lowest BCUT2D eigenvalue weighted by molar-refractivity contribution is -0.114. The van der Waals surface area contributed by atoms with Crippen LogP contribution in [0.3, 0.4) is 0 Å². The zero-order valence-corrected chi connectivity index (χ0v) is 8.28. The van der Waals surface area contributed by atoms with Crippen LogP contribution in [-0.2, 0) is 4.79 Å². The Labute approximate surface area is 87.7 Å². The molecule has 1 heterocycles. The molecule has 0 radical (unpaired) electrons. The van der Waals surface area contributed by atoms with E-state index in [-0.39, 0.29) is 6.54 Å². The van der Waals surface area contributed by atoms with Crippen molar-refractivity contribution in [1.29, 1.82) is 0 Å². The number of ketones is 1. The third kappa shape index (κ3) is 1.23. The summed E-state index contributed by atoms with van der Waals surface area (Å²) >= 11 is 0. The van der Waals surface area contributed by atoms with Crippen LogP contribution in [-0.4, -0.2) is 18.2 Å². The Hall–Kier alpha value is -2.08. The number of anilines is 1. The van der Waals surface area contributed by atoms with Gasteiger partial charge in [-0.3, -0.25) is 14.5 Å². The molecule has 1 aromatic carbocycles. The second kappa shape index (κ2) is 3.25. The molecule has 0 aliphatic carbocycles. The third-order valence-corrected chi connectivity index (χ3v) is 2.44. The first-order valence-electron chi connectivity index (χ1n) is 4.56. The van der Waals surface area contributed by atoms with Gasteiger partial charge in [0.25, 0.3) is 11.7 Å². The quantitative estimate of drug-likeness (QED) is 0.502. The minimum atomic E-state index is -0.530. The van der Waals surface area contributed by atoms with Crippen LogP contribution in [0.2, 0.25) is 0 Å². The van der Waals surface area contributed by atoms with Gasteiger partial charge in [-0.25, -0.2) is 0 Å². The smallest absolute Gasteiger partial charge is 0.293 e. The fraction of sp³-hybridized carbons (Fsp3) is 0.167. The van der Waals surface area contributed by atoms with Crippen molar-refractivity contribution in [2.24, 2.45) is 0 Å².